The van der Waals surface area contributed by atoms with Gasteiger partial charge in [-0.25, -0.2) is 14.8 Å². The lowest BCUT2D eigenvalue weighted by atomic mass is 9.80. The minimum atomic E-state index is -5.17. The van der Waals surface area contributed by atoms with Crippen LogP contribution in [0.2, 0.25) is 0 Å². The highest BCUT2D eigenvalue weighted by Crippen LogP contribution is 2.48. The first-order chi connectivity index (χ1) is 24.2. The maximum atomic E-state index is 14.0. The quantitative estimate of drug-likeness (QED) is 0.128. The first-order valence-corrected chi connectivity index (χ1v) is 15.7. The summed E-state index contributed by atoms with van der Waals surface area (Å²) in [6.07, 6.45) is -16.5. The third-order valence-electron chi connectivity index (χ3n) is 8.27. The number of aromatic nitrogens is 2. The molecule has 2 atom stereocenters. The van der Waals surface area contributed by atoms with Gasteiger partial charge < -0.3 is 25.4 Å². The zero-order valence-electron chi connectivity index (χ0n) is 27.3. The van der Waals surface area contributed by atoms with E-state index in [2.05, 4.69) is 9.97 Å². The number of aliphatic hydroxyl groups is 1. The van der Waals surface area contributed by atoms with Crippen molar-refractivity contribution in [3.05, 3.63) is 81.9 Å². The SMILES string of the molecule is CC[C@]1(N)C[C@H](c2ncc(OCCCC(=O)O)c(Cc3cc(C(F)(F)F)cc(C(F)(F)F)c3)n2)c2cc(C(F)(F)F)ccc2N1C(=O)OCCCO. The minimum absolute atomic E-state index is 0.0150. The summed E-state index contributed by atoms with van der Waals surface area (Å²) in [5, 5.41) is 18.1. The number of hydrogen-bond donors (Lipinski definition) is 3. The fourth-order valence-electron chi connectivity index (χ4n) is 5.67. The summed E-state index contributed by atoms with van der Waals surface area (Å²) in [5.74, 6) is -2.85. The Morgan fingerprint density at radius 3 is 2.13 bits per heavy atom. The average molecular weight is 753 g/mol. The van der Waals surface area contributed by atoms with Crippen molar-refractivity contribution in [2.24, 2.45) is 5.73 Å². The van der Waals surface area contributed by atoms with Crippen LogP contribution in [0.4, 0.5) is 50.0 Å². The van der Waals surface area contributed by atoms with E-state index in [9.17, 15) is 49.1 Å². The van der Waals surface area contributed by atoms with Gasteiger partial charge in [0, 0.05) is 31.8 Å². The van der Waals surface area contributed by atoms with Gasteiger partial charge in [-0.05, 0) is 66.8 Å². The summed E-state index contributed by atoms with van der Waals surface area (Å²) in [5.41, 5.74) is -0.243. The number of ether oxygens (including phenoxy) is 2. The van der Waals surface area contributed by atoms with E-state index >= 15 is 0 Å². The fraction of sp³-hybridized carbons (Fsp3) is 0.455. The van der Waals surface area contributed by atoms with E-state index in [-0.39, 0.29) is 86.5 Å². The Balaban J connectivity index is 1.89. The minimum Gasteiger partial charge on any atom is -0.490 e. The van der Waals surface area contributed by atoms with Crippen molar-refractivity contribution < 1.29 is 68.8 Å². The number of carboxylic acids is 1. The molecule has 1 aromatic heterocycles. The third-order valence-corrected chi connectivity index (χ3v) is 8.27. The summed E-state index contributed by atoms with van der Waals surface area (Å²) >= 11 is 0. The summed E-state index contributed by atoms with van der Waals surface area (Å²) in [4.78, 5) is 33.9. The summed E-state index contributed by atoms with van der Waals surface area (Å²) in [6, 6.07) is 3.40. The molecule has 0 spiro atoms. The second-order valence-electron chi connectivity index (χ2n) is 12.0. The molecule has 19 heteroatoms. The monoisotopic (exact) mass is 752 g/mol. The Morgan fingerprint density at radius 1 is 0.942 bits per heavy atom. The number of amides is 1. The Bertz CT molecular complexity index is 1730. The van der Waals surface area contributed by atoms with Gasteiger partial charge in [-0.3, -0.25) is 9.69 Å². The van der Waals surface area contributed by atoms with Crippen molar-refractivity contribution in [3.63, 3.8) is 0 Å². The van der Waals surface area contributed by atoms with Gasteiger partial charge in [-0.2, -0.15) is 39.5 Å². The van der Waals surface area contributed by atoms with Crippen molar-refractivity contribution in [1.29, 1.82) is 0 Å². The van der Waals surface area contributed by atoms with Gasteiger partial charge in [-0.1, -0.05) is 6.92 Å². The van der Waals surface area contributed by atoms with Crippen LogP contribution in [-0.2, 0) is 34.5 Å². The number of alkyl halides is 9. The maximum absolute atomic E-state index is 14.0. The Labute approximate surface area is 290 Å². The highest BCUT2D eigenvalue weighted by atomic mass is 19.4. The fourth-order valence-corrected chi connectivity index (χ4v) is 5.67. The van der Waals surface area contributed by atoms with E-state index in [0.29, 0.717) is 12.1 Å². The molecule has 0 bridgehead atoms. The van der Waals surface area contributed by atoms with E-state index in [0.717, 1.165) is 29.3 Å². The van der Waals surface area contributed by atoms with Crippen molar-refractivity contribution >= 4 is 17.7 Å². The lowest BCUT2D eigenvalue weighted by Crippen LogP contribution is -2.61. The number of aliphatic carboxylic acids is 1. The Morgan fingerprint density at radius 2 is 1.58 bits per heavy atom. The molecule has 0 radical (unpaired) electrons. The zero-order valence-corrected chi connectivity index (χ0v) is 27.3. The number of aliphatic hydroxyl groups excluding tert-OH is 1. The molecule has 1 amide bonds. The van der Waals surface area contributed by atoms with Crippen LogP contribution in [-0.4, -0.2) is 57.7 Å². The standard InChI is InChI=1S/C33H33F9N4O6/c1-2-30(43)16-23(22-15-19(31(34,35)36)6-7-25(22)46(30)29(50)52-10-4-8-47)28-44-17-26(51-9-3-5-27(48)49)24(45-28)13-18-11-20(32(37,38)39)14-21(12-18)33(40,41)42/h6-7,11-12,14-15,17,23,47H,2-5,8-10,13,16,43H2,1H3,(H,48,49)/t23-,30+/m0/s1. The van der Waals surface area contributed by atoms with Gasteiger partial charge >= 0.3 is 30.6 Å². The van der Waals surface area contributed by atoms with E-state index < -0.39 is 70.8 Å². The third kappa shape index (κ3) is 9.41. The van der Waals surface area contributed by atoms with Gasteiger partial charge in [-0.15, -0.1) is 0 Å². The topological polar surface area (TPSA) is 148 Å². The number of anilines is 1. The van der Waals surface area contributed by atoms with Crippen molar-refractivity contribution in [2.45, 2.75) is 75.6 Å². The molecule has 4 rings (SSSR count). The van der Waals surface area contributed by atoms with Gasteiger partial charge in [0.1, 0.15) is 11.5 Å². The first-order valence-electron chi connectivity index (χ1n) is 15.7. The second-order valence-corrected chi connectivity index (χ2v) is 12.0. The van der Waals surface area contributed by atoms with Crippen molar-refractivity contribution in [2.75, 3.05) is 24.7 Å². The van der Waals surface area contributed by atoms with Crippen LogP contribution in [0.1, 0.15) is 84.3 Å². The van der Waals surface area contributed by atoms with Crippen LogP contribution >= 0.6 is 0 Å². The molecule has 1 aliphatic heterocycles. The van der Waals surface area contributed by atoms with E-state index in [1.165, 1.54) is 0 Å². The van der Waals surface area contributed by atoms with Crippen LogP contribution in [0.3, 0.4) is 0 Å². The van der Waals surface area contributed by atoms with Gasteiger partial charge in [0.25, 0.3) is 0 Å². The zero-order chi connectivity index (χ0) is 38.6. The van der Waals surface area contributed by atoms with Gasteiger partial charge in [0.05, 0.1) is 47.5 Å². The van der Waals surface area contributed by atoms with Crippen LogP contribution in [0.15, 0.2) is 42.6 Å². The summed E-state index contributed by atoms with van der Waals surface area (Å²) in [7, 11) is 0. The number of carbonyl (C=O) groups is 2. The van der Waals surface area contributed by atoms with Gasteiger partial charge in [0.15, 0.2) is 5.75 Å². The predicted octanol–water partition coefficient (Wildman–Crippen LogP) is 7.29. The van der Waals surface area contributed by atoms with Crippen molar-refractivity contribution in [3.8, 4) is 5.75 Å². The first kappa shape index (κ1) is 40.1. The molecule has 4 N–H and O–H groups in total. The number of halogens is 9. The molecule has 0 fully saturated rings. The Hall–Kier alpha value is -4.65. The predicted molar refractivity (Wildman–Crippen MR) is 164 cm³/mol. The molecular weight excluding hydrogens is 719 g/mol. The highest BCUT2D eigenvalue weighted by Gasteiger charge is 2.47. The van der Waals surface area contributed by atoms with E-state index in [1.54, 1.807) is 6.92 Å². The van der Waals surface area contributed by atoms with E-state index in [1.807, 2.05) is 0 Å². The molecule has 10 nitrogen and oxygen atoms in total. The Kier molecular flexibility index (Phi) is 12.0. The molecule has 52 heavy (non-hydrogen) atoms. The van der Waals surface area contributed by atoms with Crippen molar-refractivity contribution in [1.82, 2.24) is 9.97 Å². The molecule has 0 aliphatic carbocycles. The lowest BCUT2D eigenvalue weighted by Gasteiger charge is -2.46. The molecule has 2 heterocycles. The molecule has 0 saturated heterocycles. The number of hydrogen-bond acceptors (Lipinski definition) is 8. The van der Waals surface area contributed by atoms with Crippen LogP contribution in [0.25, 0.3) is 0 Å². The number of fused-ring (bicyclic) bond motifs is 1. The molecular formula is C33H33F9N4O6. The highest BCUT2D eigenvalue weighted by molar-refractivity contribution is 5.91. The largest absolute Gasteiger partial charge is 0.490 e. The number of benzene rings is 2. The number of carbonyl (C=O) groups excluding carboxylic acids is 1. The molecule has 3 aromatic rings. The molecule has 1 aliphatic rings. The van der Waals surface area contributed by atoms with Crippen LogP contribution in [0, 0.1) is 0 Å². The smallest absolute Gasteiger partial charge is 0.416 e. The molecule has 2 aromatic carbocycles. The molecule has 0 saturated carbocycles. The number of nitrogens with two attached hydrogens (primary N) is 1. The van der Waals surface area contributed by atoms with Gasteiger partial charge in [0.2, 0.25) is 0 Å². The second kappa shape index (κ2) is 15.5. The van der Waals surface area contributed by atoms with E-state index in [4.69, 9.17) is 25.4 Å². The molecule has 0 unspecified atom stereocenters. The van der Waals surface area contributed by atoms with Crippen LogP contribution in [0.5, 0.6) is 5.75 Å². The summed E-state index contributed by atoms with van der Waals surface area (Å²) < 4.78 is 135. The number of rotatable bonds is 12. The summed E-state index contributed by atoms with van der Waals surface area (Å²) in [6.45, 7) is 0.761. The average Bonchev–Trinajstić information content (AvgIpc) is 3.05. The molecule has 284 valence electrons. The number of carboxylic acid groups (broad SMARTS) is 1. The maximum Gasteiger partial charge on any atom is 0.416 e. The lowest BCUT2D eigenvalue weighted by molar-refractivity contribution is -0.143. The van der Waals surface area contributed by atoms with Crippen LogP contribution < -0.4 is 15.4 Å². The number of nitrogens with zero attached hydrogens (tertiary/aromatic N) is 3. The normalized spacial score (nSPS) is 17.8.